The molecule has 0 fully saturated rings. The molecule has 0 aromatic carbocycles. The molecule has 0 unspecified atom stereocenters. The summed E-state index contributed by atoms with van der Waals surface area (Å²) in [6.45, 7) is 7.77. The molecule has 2 rings (SSSR count). The summed E-state index contributed by atoms with van der Waals surface area (Å²) in [5.41, 5.74) is 1.35. The Kier molecular flexibility index (Phi) is 25.5. The van der Waals surface area contributed by atoms with E-state index in [1.807, 2.05) is 18.2 Å². The minimum absolute atomic E-state index is 0.502. The zero-order valence-corrected chi connectivity index (χ0v) is 15.2. The molecule has 0 aromatic rings. The van der Waals surface area contributed by atoms with Crippen LogP contribution in [-0.2, 0) is 4.79 Å². The van der Waals surface area contributed by atoms with E-state index >= 15 is 0 Å². The van der Waals surface area contributed by atoms with Crippen LogP contribution in [0.15, 0.2) is 47.5 Å². The van der Waals surface area contributed by atoms with Gasteiger partial charge in [-0.15, -0.1) is 0 Å². The van der Waals surface area contributed by atoms with Crippen LogP contribution in [0.3, 0.4) is 0 Å². The summed E-state index contributed by atoms with van der Waals surface area (Å²) in [7, 11) is 1.00. The Labute approximate surface area is 141 Å². The van der Waals surface area contributed by atoms with E-state index in [2.05, 4.69) is 20.8 Å². The van der Waals surface area contributed by atoms with Gasteiger partial charge in [0.05, 0.1) is 11.5 Å². The Morgan fingerprint density at radius 1 is 1.00 bits per heavy atom. The number of carbonyl (C=O) groups is 1. The molecule has 4 heteroatoms. The van der Waals surface area contributed by atoms with E-state index < -0.39 is 0 Å². The lowest BCUT2D eigenvalue weighted by Gasteiger charge is -2.04. The van der Waals surface area contributed by atoms with Gasteiger partial charge < -0.3 is 20.1 Å². The van der Waals surface area contributed by atoms with E-state index in [1.165, 1.54) is 18.9 Å². The molecular weight excluding hydrogens is 292 g/mol. The molecule has 0 radical (unpaired) electrons. The first-order valence-electron chi connectivity index (χ1n) is 7.96. The van der Waals surface area contributed by atoms with Crippen LogP contribution in [0.5, 0.6) is 0 Å². The largest absolute Gasteiger partial charge is 0.512 e. The predicted molar refractivity (Wildman–Crippen MR) is 98.6 cm³/mol. The van der Waals surface area contributed by atoms with Crippen molar-refractivity contribution in [1.29, 1.82) is 0 Å². The maximum atomic E-state index is 8.84. The second-order valence-electron chi connectivity index (χ2n) is 4.74. The highest BCUT2D eigenvalue weighted by Gasteiger charge is 1.98. The van der Waals surface area contributed by atoms with Gasteiger partial charge in [0.2, 0.25) is 0 Å². The normalized spacial score (nSPS) is 14.3. The van der Waals surface area contributed by atoms with Crippen LogP contribution < -0.4 is 0 Å². The second-order valence-corrected chi connectivity index (χ2v) is 4.74. The SMILES string of the molecule is CC1=CC=C(O)CC1.CC=O.CCC.CO.OC1=CC=CCC1. The molecular formula is C19H34O4. The van der Waals surface area contributed by atoms with Gasteiger partial charge in [-0.1, -0.05) is 44.1 Å². The third-order valence-electron chi connectivity index (χ3n) is 2.33. The van der Waals surface area contributed by atoms with Crippen LogP contribution >= 0.6 is 0 Å². The molecule has 23 heavy (non-hydrogen) atoms. The lowest BCUT2D eigenvalue weighted by molar-refractivity contribution is -0.106. The van der Waals surface area contributed by atoms with Gasteiger partial charge in [0.25, 0.3) is 0 Å². The summed E-state index contributed by atoms with van der Waals surface area (Å²) in [4.78, 5) is 8.81. The highest BCUT2D eigenvalue weighted by Crippen LogP contribution is 2.14. The van der Waals surface area contributed by atoms with E-state index in [1.54, 1.807) is 12.2 Å². The van der Waals surface area contributed by atoms with E-state index in [-0.39, 0.29) is 0 Å². The van der Waals surface area contributed by atoms with Crippen molar-refractivity contribution in [3.63, 3.8) is 0 Å². The second kappa shape index (κ2) is 22.5. The summed E-state index contributed by atoms with van der Waals surface area (Å²) < 4.78 is 0. The third kappa shape index (κ3) is 25.5. The molecule has 0 amide bonds. The van der Waals surface area contributed by atoms with Gasteiger partial charge in [-0.2, -0.15) is 0 Å². The van der Waals surface area contributed by atoms with Gasteiger partial charge in [0.15, 0.2) is 0 Å². The van der Waals surface area contributed by atoms with Crippen LogP contribution in [0.2, 0.25) is 0 Å². The fraction of sp³-hybridized carbons (Fsp3) is 0.526. The number of allylic oxidation sites excluding steroid dienone is 8. The van der Waals surface area contributed by atoms with Crippen LogP contribution in [0, 0.1) is 0 Å². The number of hydrogen-bond acceptors (Lipinski definition) is 4. The lowest BCUT2D eigenvalue weighted by atomic mass is 10.1. The summed E-state index contributed by atoms with van der Waals surface area (Å²) in [6.07, 6.45) is 15.0. The lowest BCUT2D eigenvalue weighted by Crippen LogP contribution is -1.88. The molecule has 134 valence electrons. The van der Waals surface area contributed by atoms with Gasteiger partial charge in [-0.25, -0.2) is 0 Å². The van der Waals surface area contributed by atoms with Crippen molar-refractivity contribution in [3.8, 4) is 0 Å². The van der Waals surface area contributed by atoms with Crippen molar-refractivity contribution in [1.82, 2.24) is 0 Å². The first-order chi connectivity index (χ1) is 11.0. The van der Waals surface area contributed by atoms with Gasteiger partial charge >= 0.3 is 0 Å². The molecule has 0 heterocycles. The van der Waals surface area contributed by atoms with E-state index in [0.29, 0.717) is 11.5 Å². The predicted octanol–water partition coefficient (Wildman–Crippen LogP) is 5.18. The smallest absolute Gasteiger partial charge is 0.116 e. The molecule has 0 aliphatic heterocycles. The van der Waals surface area contributed by atoms with Gasteiger partial charge in [0, 0.05) is 20.0 Å². The number of hydrogen-bond donors (Lipinski definition) is 3. The summed E-state index contributed by atoms with van der Waals surface area (Å²) in [6, 6.07) is 0. The highest BCUT2D eigenvalue weighted by molar-refractivity contribution is 5.44. The topological polar surface area (TPSA) is 77.8 Å². The number of aliphatic hydroxyl groups is 3. The van der Waals surface area contributed by atoms with E-state index in [0.717, 1.165) is 39.1 Å². The number of rotatable bonds is 0. The molecule has 3 N–H and O–H groups in total. The summed E-state index contributed by atoms with van der Waals surface area (Å²) >= 11 is 0. The van der Waals surface area contributed by atoms with Crippen molar-refractivity contribution in [2.24, 2.45) is 0 Å². The summed E-state index contributed by atoms with van der Waals surface area (Å²) in [5, 5.41) is 24.6. The zero-order valence-electron chi connectivity index (χ0n) is 15.2. The molecule has 0 atom stereocenters. The average molecular weight is 326 g/mol. The molecule has 0 aromatic heterocycles. The maximum absolute atomic E-state index is 8.84. The van der Waals surface area contributed by atoms with Gasteiger partial charge in [0.1, 0.15) is 6.29 Å². The third-order valence-corrected chi connectivity index (χ3v) is 2.33. The van der Waals surface area contributed by atoms with E-state index in [9.17, 15) is 0 Å². The zero-order chi connectivity index (χ0) is 18.5. The van der Waals surface area contributed by atoms with Crippen molar-refractivity contribution >= 4 is 6.29 Å². The minimum Gasteiger partial charge on any atom is -0.512 e. The highest BCUT2D eigenvalue weighted by atomic mass is 16.3. The Bertz CT molecular complexity index is 359. The van der Waals surface area contributed by atoms with Crippen LogP contribution in [0.4, 0.5) is 0 Å². The van der Waals surface area contributed by atoms with Crippen molar-refractivity contribution in [2.75, 3.05) is 7.11 Å². The van der Waals surface area contributed by atoms with Gasteiger partial charge in [-0.05, 0) is 38.8 Å². The van der Waals surface area contributed by atoms with E-state index in [4.69, 9.17) is 20.1 Å². The minimum atomic E-state index is 0.502. The molecule has 0 bridgehead atoms. The fourth-order valence-electron chi connectivity index (χ4n) is 1.32. The molecule has 2 aliphatic rings. The average Bonchev–Trinajstić information content (AvgIpc) is 2.55. The molecule has 0 spiro atoms. The van der Waals surface area contributed by atoms with Crippen molar-refractivity contribution in [3.05, 3.63) is 47.5 Å². The first-order valence-corrected chi connectivity index (χ1v) is 7.96. The monoisotopic (exact) mass is 326 g/mol. The van der Waals surface area contributed by atoms with Gasteiger partial charge in [-0.3, -0.25) is 0 Å². The van der Waals surface area contributed by atoms with Crippen molar-refractivity contribution in [2.45, 2.75) is 59.8 Å². The number of carbonyl (C=O) groups excluding carboxylic acids is 1. The Morgan fingerprint density at radius 2 is 1.48 bits per heavy atom. The van der Waals surface area contributed by atoms with Crippen LogP contribution in [0.1, 0.15) is 59.8 Å². The molecule has 4 nitrogen and oxygen atoms in total. The number of aliphatic hydroxyl groups excluding tert-OH is 3. The van der Waals surface area contributed by atoms with Crippen LogP contribution in [-0.4, -0.2) is 28.7 Å². The first kappa shape index (κ1) is 26.1. The Hall–Kier alpha value is -1.81. The Balaban J connectivity index is -0.000000244. The Morgan fingerprint density at radius 3 is 1.70 bits per heavy atom. The molecule has 0 saturated carbocycles. The number of aldehydes is 1. The van der Waals surface area contributed by atoms with Crippen LogP contribution in [0.25, 0.3) is 0 Å². The maximum Gasteiger partial charge on any atom is 0.116 e. The standard InChI is InChI=1S/C7H10O.C6H8O.C3H8.C2H4O.CH4O/c1-6-2-4-7(8)5-3-6;7-6-4-2-1-3-5-6;1-3-2;1-2-3;1-2/h2,4,8H,3,5H2,1H3;1-2,4,7H,3,5H2;3H2,1-2H3;2H,1H3;2H,1H3. The summed E-state index contributed by atoms with van der Waals surface area (Å²) in [5.74, 6) is 1.01. The quantitative estimate of drug-likeness (QED) is 0.536. The fourth-order valence-corrected chi connectivity index (χ4v) is 1.32. The van der Waals surface area contributed by atoms with Crippen molar-refractivity contribution < 1.29 is 20.1 Å². The molecule has 0 saturated heterocycles. The molecule has 2 aliphatic carbocycles.